The molecule has 0 radical (unpaired) electrons. The van der Waals surface area contributed by atoms with Gasteiger partial charge in [-0.25, -0.2) is 4.98 Å². The molecular formula is C14H15BrN2O. The van der Waals surface area contributed by atoms with E-state index in [2.05, 4.69) is 20.9 Å². The van der Waals surface area contributed by atoms with E-state index in [0.717, 1.165) is 15.6 Å². The Morgan fingerprint density at radius 1 is 1.33 bits per heavy atom. The maximum atomic E-state index is 5.82. The van der Waals surface area contributed by atoms with Crippen LogP contribution >= 0.6 is 15.9 Å². The van der Waals surface area contributed by atoms with E-state index in [1.807, 2.05) is 43.3 Å². The standard InChI is InChI=1S/C14H15BrN2O/c1-10(16)12-5-6-17-14(8-12)18-9-11-3-2-4-13(15)7-11/h2-8,10H,9,16H2,1H3. The highest BCUT2D eigenvalue weighted by Crippen LogP contribution is 2.17. The van der Waals surface area contributed by atoms with Crippen molar-refractivity contribution in [3.05, 3.63) is 58.2 Å². The number of benzene rings is 1. The fourth-order valence-electron chi connectivity index (χ4n) is 1.57. The lowest BCUT2D eigenvalue weighted by molar-refractivity contribution is 0.293. The molecule has 0 fully saturated rings. The normalized spacial score (nSPS) is 12.2. The first kappa shape index (κ1) is 13.1. The fraction of sp³-hybridized carbons (Fsp3) is 0.214. The SMILES string of the molecule is CC(N)c1ccnc(OCc2cccc(Br)c2)c1. The van der Waals surface area contributed by atoms with Crippen molar-refractivity contribution in [1.82, 2.24) is 4.98 Å². The zero-order valence-corrected chi connectivity index (χ0v) is 11.7. The quantitative estimate of drug-likeness (QED) is 0.941. The Balaban J connectivity index is 2.04. The summed E-state index contributed by atoms with van der Waals surface area (Å²) < 4.78 is 6.69. The lowest BCUT2D eigenvalue weighted by atomic mass is 10.1. The third kappa shape index (κ3) is 3.55. The number of ether oxygens (including phenoxy) is 1. The summed E-state index contributed by atoms with van der Waals surface area (Å²) in [4.78, 5) is 4.17. The van der Waals surface area contributed by atoms with E-state index in [1.54, 1.807) is 6.20 Å². The average molecular weight is 307 g/mol. The number of pyridine rings is 1. The molecule has 94 valence electrons. The molecule has 1 unspecified atom stereocenters. The van der Waals surface area contributed by atoms with Gasteiger partial charge in [0, 0.05) is 22.8 Å². The summed E-state index contributed by atoms with van der Waals surface area (Å²) >= 11 is 3.43. The van der Waals surface area contributed by atoms with E-state index in [-0.39, 0.29) is 6.04 Å². The summed E-state index contributed by atoms with van der Waals surface area (Å²) in [5.74, 6) is 0.602. The molecule has 2 aromatic rings. The monoisotopic (exact) mass is 306 g/mol. The maximum absolute atomic E-state index is 5.82. The Bertz CT molecular complexity index is 529. The average Bonchev–Trinajstić information content (AvgIpc) is 2.37. The zero-order chi connectivity index (χ0) is 13.0. The van der Waals surface area contributed by atoms with Crippen LogP contribution in [0.15, 0.2) is 47.1 Å². The molecular weight excluding hydrogens is 292 g/mol. The van der Waals surface area contributed by atoms with E-state index >= 15 is 0 Å². The first-order valence-electron chi connectivity index (χ1n) is 5.74. The number of rotatable bonds is 4. The molecule has 0 aliphatic rings. The highest BCUT2D eigenvalue weighted by atomic mass is 79.9. The lowest BCUT2D eigenvalue weighted by Crippen LogP contribution is -2.06. The number of aromatic nitrogens is 1. The van der Waals surface area contributed by atoms with Crippen molar-refractivity contribution >= 4 is 15.9 Å². The molecule has 0 bridgehead atoms. The first-order chi connectivity index (χ1) is 8.65. The predicted octanol–water partition coefficient (Wildman–Crippen LogP) is 3.44. The molecule has 4 heteroatoms. The first-order valence-corrected chi connectivity index (χ1v) is 6.53. The summed E-state index contributed by atoms with van der Waals surface area (Å²) in [6.45, 7) is 2.43. The van der Waals surface area contributed by atoms with Gasteiger partial charge in [0.05, 0.1) is 0 Å². The second-order valence-electron chi connectivity index (χ2n) is 4.13. The van der Waals surface area contributed by atoms with E-state index < -0.39 is 0 Å². The Kier molecular flexibility index (Phi) is 4.33. The van der Waals surface area contributed by atoms with Crippen LogP contribution in [-0.4, -0.2) is 4.98 Å². The van der Waals surface area contributed by atoms with Gasteiger partial charge in [0.25, 0.3) is 0 Å². The largest absolute Gasteiger partial charge is 0.473 e. The van der Waals surface area contributed by atoms with Gasteiger partial charge in [-0.05, 0) is 36.2 Å². The molecule has 0 aliphatic heterocycles. The molecule has 2 N–H and O–H groups in total. The van der Waals surface area contributed by atoms with Crippen molar-refractivity contribution in [2.45, 2.75) is 19.6 Å². The molecule has 18 heavy (non-hydrogen) atoms. The second-order valence-corrected chi connectivity index (χ2v) is 5.05. The third-order valence-corrected chi connectivity index (χ3v) is 3.05. The van der Waals surface area contributed by atoms with Crippen LogP contribution in [0, 0.1) is 0 Å². The molecule has 1 aromatic heterocycles. The van der Waals surface area contributed by atoms with Crippen LogP contribution in [0.2, 0.25) is 0 Å². The second kappa shape index (κ2) is 5.98. The van der Waals surface area contributed by atoms with Gasteiger partial charge in [0.15, 0.2) is 0 Å². The van der Waals surface area contributed by atoms with Crippen molar-refractivity contribution in [1.29, 1.82) is 0 Å². The van der Waals surface area contributed by atoms with Crippen molar-refractivity contribution in [2.24, 2.45) is 5.73 Å². The van der Waals surface area contributed by atoms with Crippen LogP contribution in [0.25, 0.3) is 0 Å². The van der Waals surface area contributed by atoms with Crippen LogP contribution < -0.4 is 10.5 Å². The Hall–Kier alpha value is -1.39. The Morgan fingerprint density at radius 3 is 2.89 bits per heavy atom. The minimum absolute atomic E-state index is 0.0128. The van der Waals surface area contributed by atoms with Gasteiger partial charge < -0.3 is 10.5 Å². The van der Waals surface area contributed by atoms with Crippen LogP contribution in [0.1, 0.15) is 24.1 Å². The number of hydrogen-bond donors (Lipinski definition) is 1. The van der Waals surface area contributed by atoms with Crippen molar-refractivity contribution in [3.8, 4) is 5.88 Å². The molecule has 2 rings (SSSR count). The van der Waals surface area contributed by atoms with Gasteiger partial charge in [-0.1, -0.05) is 28.1 Å². The highest BCUT2D eigenvalue weighted by Gasteiger charge is 2.03. The smallest absolute Gasteiger partial charge is 0.213 e. The summed E-state index contributed by atoms with van der Waals surface area (Å²) in [5, 5.41) is 0. The van der Waals surface area contributed by atoms with E-state index in [4.69, 9.17) is 10.5 Å². The van der Waals surface area contributed by atoms with E-state index in [1.165, 1.54) is 0 Å². The van der Waals surface area contributed by atoms with Crippen molar-refractivity contribution in [2.75, 3.05) is 0 Å². The highest BCUT2D eigenvalue weighted by molar-refractivity contribution is 9.10. The van der Waals surface area contributed by atoms with Crippen molar-refractivity contribution in [3.63, 3.8) is 0 Å². The summed E-state index contributed by atoms with van der Waals surface area (Å²) in [6.07, 6.45) is 1.72. The minimum atomic E-state index is -0.0128. The molecule has 0 saturated heterocycles. The molecule has 1 aromatic carbocycles. The molecule has 0 aliphatic carbocycles. The van der Waals surface area contributed by atoms with Crippen LogP contribution in [-0.2, 0) is 6.61 Å². The molecule has 1 heterocycles. The number of halogens is 1. The molecule has 0 saturated carbocycles. The molecule has 0 amide bonds. The number of nitrogens with zero attached hydrogens (tertiary/aromatic N) is 1. The van der Waals surface area contributed by atoms with Crippen molar-refractivity contribution < 1.29 is 4.74 Å². The molecule has 0 spiro atoms. The number of nitrogens with two attached hydrogens (primary N) is 1. The Morgan fingerprint density at radius 2 is 2.17 bits per heavy atom. The summed E-state index contributed by atoms with van der Waals surface area (Å²) in [5.41, 5.74) is 7.94. The third-order valence-electron chi connectivity index (χ3n) is 2.56. The summed E-state index contributed by atoms with van der Waals surface area (Å²) in [7, 11) is 0. The van der Waals surface area contributed by atoms with Gasteiger partial charge in [-0.3, -0.25) is 0 Å². The maximum Gasteiger partial charge on any atom is 0.213 e. The van der Waals surface area contributed by atoms with Crippen LogP contribution in [0.3, 0.4) is 0 Å². The molecule has 1 atom stereocenters. The lowest BCUT2D eigenvalue weighted by Gasteiger charge is -2.09. The fourth-order valence-corrected chi connectivity index (χ4v) is 2.02. The van der Waals surface area contributed by atoms with Gasteiger partial charge in [0.2, 0.25) is 5.88 Å². The topological polar surface area (TPSA) is 48.1 Å². The zero-order valence-electron chi connectivity index (χ0n) is 10.1. The van der Waals surface area contributed by atoms with Crippen LogP contribution in [0.5, 0.6) is 5.88 Å². The molecule has 3 nitrogen and oxygen atoms in total. The van der Waals surface area contributed by atoms with Gasteiger partial charge >= 0.3 is 0 Å². The van der Waals surface area contributed by atoms with Gasteiger partial charge in [0.1, 0.15) is 6.61 Å². The Labute approximate surface area is 115 Å². The van der Waals surface area contributed by atoms with Gasteiger partial charge in [-0.2, -0.15) is 0 Å². The predicted molar refractivity (Wildman–Crippen MR) is 75.3 cm³/mol. The van der Waals surface area contributed by atoms with Gasteiger partial charge in [-0.15, -0.1) is 0 Å². The summed E-state index contributed by atoms with van der Waals surface area (Å²) in [6, 6.07) is 11.8. The van der Waals surface area contributed by atoms with E-state index in [0.29, 0.717) is 12.5 Å². The van der Waals surface area contributed by atoms with E-state index in [9.17, 15) is 0 Å². The number of hydrogen-bond acceptors (Lipinski definition) is 3. The van der Waals surface area contributed by atoms with Crippen LogP contribution in [0.4, 0.5) is 0 Å². The minimum Gasteiger partial charge on any atom is -0.473 e.